The van der Waals surface area contributed by atoms with Gasteiger partial charge in [0.05, 0.1) is 13.2 Å². The van der Waals surface area contributed by atoms with Gasteiger partial charge in [-0.05, 0) is 67.3 Å². The average molecular weight is 352 g/mol. The zero-order valence-electron chi connectivity index (χ0n) is 15.3. The molecular formula is C22H25FN2O. The monoisotopic (exact) mass is 352 g/mol. The molecule has 1 fully saturated rings. The second-order valence-corrected chi connectivity index (χ2v) is 7.42. The first-order valence-corrected chi connectivity index (χ1v) is 9.27. The minimum absolute atomic E-state index is 0.185. The Morgan fingerprint density at radius 1 is 1.15 bits per heavy atom. The van der Waals surface area contributed by atoms with E-state index in [0.29, 0.717) is 12.0 Å². The van der Waals surface area contributed by atoms with Crippen LogP contribution in [0, 0.1) is 11.7 Å². The van der Waals surface area contributed by atoms with E-state index in [1.807, 2.05) is 18.2 Å². The minimum atomic E-state index is -0.185. The second kappa shape index (κ2) is 7.12. The molecule has 136 valence electrons. The van der Waals surface area contributed by atoms with Crippen molar-refractivity contribution in [3.05, 3.63) is 65.6 Å². The molecule has 0 amide bonds. The number of benzene rings is 2. The molecule has 2 atom stereocenters. The first kappa shape index (κ1) is 17.1. The molecule has 0 bridgehead atoms. The molecule has 3 nitrogen and oxygen atoms in total. The number of fused-ring (bicyclic) bond motifs is 1. The Labute approximate surface area is 153 Å². The smallest absolute Gasteiger partial charge is 0.123 e. The molecule has 0 spiro atoms. The van der Waals surface area contributed by atoms with Gasteiger partial charge in [-0.2, -0.15) is 0 Å². The zero-order chi connectivity index (χ0) is 18.1. The molecule has 3 aromatic rings. The van der Waals surface area contributed by atoms with Crippen molar-refractivity contribution in [2.75, 3.05) is 13.7 Å². The summed E-state index contributed by atoms with van der Waals surface area (Å²) >= 11 is 0. The molecule has 0 saturated carbocycles. The third-order valence-corrected chi connectivity index (χ3v) is 5.48. The summed E-state index contributed by atoms with van der Waals surface area (Å²) in [5.41, 5.74) is 3.47. The minimum Gasteiger partial charge on any atom is -0.497 e. The van der Waals surface area contributed by atoms with Crippen LogP contribution in [0.2, 0.25) is 0 Å². The van der Waals surface area contributed by atoms with Crippen molar-refractivity contribution in [1.82, 2.24) is 9.88 Å². The predicted molar refractivity (Wildman–Crippen MR) is 103 cm³/mol. The number of rotatable bonds is 4. The molecule has 4 heteroatoms. The van der Waals surface area contributed by atoms with Crippen LogP contribution in [0.4, 0.5) is 4.39 Å². The number of H-pyrrole nitrogens is 1. The molecule has 2 heterocycles. The van der Waals surface area contributed by atoms with Gasteiger partial charge in [-0.1, -0.05) is 19.1 Å². The van der Waals surface area contributed by atoms with Gasteiger partial charge in [-0.3, -0.25) is 4.90 Å². The Bertz CT molecular complexity index is 887. The number of nitrogens with one attached hydrogen (secondary N) is 1. The summed E-state index contributed by atoms with van der Waals surface area (Å²) in [5, 5.41) is 0.947. The molecule has 26 heavy (non-hydrogen) atoms. The van der Waals surface area contributed by atoms with Crippen molar-refractivity contribution >= 4 is 10.9 Å². The number of ether oxygens (including phenoxy) is 1. The van der Waals surface area contributed by atoms with E-state index in [0.717, 1.165) is 36.2 Å². The Morgan fingerprint density at radius 2 is 1.96 bits per heavy atom. The number of halogens is 1. The maximum Gasteiger partial charge on any atom is 0.123 e. The van der Waals surface area contributed by atoms with Crippen molar-refractivity contribution in [2.24, 2.45) is 5.92 Å². The first-order chi connectivity index (χ1) is 12.6. The standard InChI is InChI=1S/C22H25FN2O/c1-15-9-10-25(14-16-3-6-19(26-2)7-4-16)22(11-15)21-13-17-12-18(23)5-8-20(17)24-21/h3-8,12-13,15,22,24H,9-11,14H2,1-2H3. The van der Waals surface area contributed by atoms with Gasteiger partial charge in [0.1, 0.15) is 11.6 Å². The van der Waals surface area contributed by atoms with E-state index in [-0.39, 0.29) is 5.82 Å². The molecule has 1 aliphatic heterocycles. The van der Waals surface area contributed by atoms with Crippen molar-refractivity contribution in [1.29, 1.82) is 0 Å². The largest absolute Gasteiger partial charge is 0.497 e. The summed E-state index contributed by atoms with van der Waals surface area (Å²) in [7, 11) is 1.69. The van der Waals surface area contributed by atoms with E-state index in [4.69, 9.17) is 4.74 Å². The number of piperidine rings is 1. The zero-order valence-corrected chi connectivity index (χ0v) is 15.3. The van der Waals surface area contributed by atoms with Crippen LogP contribution in [-0.4, -0.2) is 23.5 Å². The van der Waals surface area contributed by atoms with Gasteiger partial charge in [0.15, 0.2) is 0 Å². The maximum atomic E-state index is 13.5. The van der Waals surface area contributed by atoms with Crippen LogP contribution in [-0.2, 0) is 6.54 Å². The van der Waals surface area contributed by atoms with Gasteiger partial charge >= 0.3 is 0 Å². The van der Waals surface area contributed by atoms with E-state index in [1.54, 1.807) is 13.2 Å². The molecular weight excluding hydrogens is 327 g/mol. The Balaban J connectivity index is 1.61. The third-order valence-electron chi connectivity index (χ3n) is 5.48. The van der Waals surface area contributed by atoms with Gasteiger partial charge in [-0.15, -0.1) is 0 Å². The number of hydrogen-bond acceptors (Lipinski definition) is 2. The normalized spacial score (nSPS) is 21.2. The third kappa shape index (κ3) is 3.47. The van der Waals surface area contributed by atoms with Crippen molar-refractivity contribution in [3.8, 4) is 5.75 Å². The molecule has 0 aliphatic carbocycles. The van der Waals surface area contributed by atoms with Crippen molar-refractivity contribution < 1.29 is 9.13 Å². The summed E-state index contributed by atoms with van der Waals surface area (Å²) in [6.07, 6.45) is 2.33. The van der Waals surface area contributed by atoms with E-state index < -0.39 is 0 Å². The fraction of sp³-hybridized carbons (Fsp3) is 0.364. The van der Waals surface area contributed by atoms with Gasteiger partial charge < -0.3 is 9.72 Å². The van der Waals surface area contributed by atoms with Gasteiger partial charge in [-0.25, -0.2) is 4.39 Å². The number of nitrogens with zero attached hydrogens (tertiary/aromatic N) is 1. The SMILES string of the molecule is COc1ccc(CN2CCC(C)CC2c2cc3cc(F)ccc3[nH]2)cc1. The van der Waals surface area contributed by atoms with Gasteiger partial charge in [0.2, 0.25) is 0 Å². The topological polar surface area (TPSA) is 28.3 Å². The van der Waals surface area contributed by atoms with Gasteiger partial charge in [0.25, 0.3) is 0 Å². The predicted octanol–water partition coefficient (Wildman–Crippen LogP) is 5.29. The molecule has 2 aromatic carbocycles. The highest BCUT2D eigenvalue weighted by Gasteiger charge is 2.28. The highest BCUT2D eigenvalue weighted by atomic mass is 19.1. The lowest BCUT2D eigenvalue weighted by Gasteiger charge is -2.38. The van der Waals surface area contributed by atoms with E-state index in [1.165, 1.54) is 23.7 Å². The summed E-state index contributed by atoms with van der Waals surface area (Å²) in [5.74, 6) is 1.39. The molecule has 1 aromatic heterocycles. The fourth-order valence-corrected chi connectivity index (χ4v) is 3.97. The van der Waals surface area contributed by atoms with E-state index >= 15 is 0 Å². The van der Waals surface area contributed by atoms with Crippen LogP contribution in [0.15, 0.2) is 48.5 Å². The Hall–Kier alpha value is -2.33. The lowest BCUT2D eigenvalue weighted by Crippen LogP contribution is -2.35. The highest BCUT2D eigenvalue weighted by molar-refractivity contribution is 5.80. The van der Waals surface area contributed by atoms with Crippen molar-refractivity contribution in [2.45, 2.75) is 32.4 Å². The molecule has 1 saturated heterocycles. The summed E-state index contributed by atoms with van der Waals surface area (Å²) in [6.45, 7) is 4.30. The highest BCUT2D eigenvalue weighted by Crippen LogP contribution is 2.36. The number of methoxy groups -OCH3 is 1. The second-order valence-electron chi connectivity index (χ2n) is 7.42. The van der Waals surface area contributed by atoms with E-state index in [2.05, 4.69) is 35.0 Å². The lowest BCUT2D eigenvalue weighted by molar-refractivity contribution is 0.108. The average Bonchev–Trinajstić information content (AvgIpc) is 3.06. The first-order valence-electron chi connectivity index (χ1n) is 9.27. The lowest BCUT2D eigenvalue weighted by atomic mass is 9.90. The molecule has 0 radical (unpaired) electrons. The molecule has 2 unspecified atom stereocenters. The Kier molecular flexibility index (Phi) is 4.68. The van der Waals surface area contributed by atoms with Gasteiger partial charge in [0, 0.05) is 23.1 Å². The number of hydrogen-bond donors (Lipinski definition) is 1. The molecule has 1 N–H and O–H groups in total. The van der Waals surface area contributed by atoms with Crippen LogP contribution in [0.25, 0.3) is 10.9 Å². The quantitative estimate of drug-likeness (QED) is 0.691. The number of aromatic nitrogens is 1. The summed E-state index contributed by atoms with van der Waals surface area (Å²) in [6, 6.07) is 15.7. The van der Waals surface area contributed by atoms with E-state index in [9.17, 15) is 4.39 Å². The van der Waals surface area contributed by atoms with Crippen LogP contribution in [0.3, 0.4) is 0 Å². The number of aromatic amines is 1. The fourth-order valence-electron chi connectivity index (χ4n) is 3.97. The maximum absolute atomic E-state index is 13.5. The van der Waals surface area contributed by atoms with Crippen LogP contribution in [0.1, 0.15) is 37.1 Å². The van der Waals surface area contributed by atoms with Crippen molar-refractivity contribution in [3.63, 3.8) is 0 Å². The Morgan fingerprint density at radius 3 is 2.73 bits per heavy atom. The summed E-state index contributed by atoms with van der Waals surface area (Å²) < 4.78 is 18.8. The van der Waals surface area contributed by atoms with Crippen LogP contribution >= 0.6 is 0 Å². The van der Waals surface area contributed by atoms with Crippen LogP contribution in [0.5, 0.6) is 5.75 Å². The molecule has 4 rings (SSSR count). The molecule has 1 aliphatic rings. The van der Waals surface area contributed by atoms with Crippen LogP contribution < -0.4 is 4.74 Å². The summed E-state index contributed by atoms with van der Waals surface area (Å²) in [4.78, 5) is 6.05. The number of likely N-dealkylation sites (tertiary alicyclic amines) is 1.